The summed E-state index contributed by atoms with van der Waals surface area (Å²) in [6.07, 6.45) is -2.09. The minimum absolute atomic E-state index is 0.212. The lowest BCUT2D eigenvalue weighted by molar-refractivity contribution is -0.142. The van der Waals surface area contributed by atoms with Crippen LogP contribution < -0.4 is 5.32 Å². The molecule has 3 rings (SSSR count). The fourth-order valence-electron chi connectivity index (χ4n) is 3.42. The van der Waals surface area contributed by atoms with E-state index in [4.69, 9.17) is 4.74 Å². The fourth-order valence-corrected chi connectivity index (χ4v) is 3.42. The molecule has 0 bridgehead atoms. The molecule has 1 aromatic heterocycles. The molecule has 0 aliphatic heterocycles. The molecular weight excluding hydrogens is 359 g/mol. The lowest BCUT2D eigenvalue weighted by Crippen LogP contribution is -2.28. The molecule has 27 heavy (non-hydrogen) atoms. The van der Waals surface area contributed by atoms with E-state index in [0.29, 0.717) is 38.1 Å². The van der Waals surface area contributed by atoms with Crippen molar-refractivity contribution in [2.45, 2.75) is 51.6 Å². The van der Waals surface area contributed by atoms with Crippen molar-refractivity contribution in [1.82, 2.24) is 15.1 Å². The monoisotopic (exact) mass is 381 g/mol. The highest BCUT2D eigenvalue weighted by molar-refractivity contribution is 5.75. The lowest BCUT2D eigenvalue weighted by Gasteiger charge is -2.14. The third-order valence-electron chi connectivity index (χ3n) is 4.61. The van der Waals surface area contributed by atoms with Crippen LogP contribution in [-0.4, -0.2) is 22.8 Å². The first-order valence-electron chi connectivity index (χ1n) is 8.87. The second-order valence-corrected chi connectivity index (χ2v) is 6.67. The van der Waals surface area contributed by atoms with E-state index in [-0.39, 0.29) is 18.0 Å². The van der Waals surface area contributed by atoms with E-state index in [0.717, 1.165) is 17.5 Å². The average molecular weight is 381 g/mol. The van der Waals surface area contributed by atoms with Gasteiger partial charge in [-0.1, -0.05) is 24.3 Å². The maximum atomic E-state index is 13.2. The smallest absolute Gasteiger partial charge is 0.380 e. The number of fused-ring (bicyclic) bond motifs is 1. The zero-order valence-electron chi connectivity index (χ0n) is 15.1. The molecule has 1 amide bonds. The van der Waals surface area contributed by atoms with Gasteiger partial charge in [-0.3, -0.25) is 9.48 Å². The number of methoxy groups -OCH3 is 1. The summed E-state index contributed by atoms with van der Waals surface area (Å²) < 4.78 is 45.9. The Morgan fingerprint density at radius 3 is 2.74 bits per heavy atom. The topological polar surface area (TPSA) is 56.1 Å². The molecule has 0 spiro atoms. The van der Waals surface area contributed by atoms with E-state index in [1.54, 1.807) is 7.11 Å². The van der Waals surface area contributed by atoms with Gasteiger partial charge >= 0.3 is 6.18 Å². The number of nitrogens with zero attached hydrogens (tertiary/aromatic N) is 2. The van der Waals surface area contributed by atoms with Crippen LogP contribution in [0.15, 0.2) is 24.3 Å². The number of hydrogen-bond donors (Lipinski definition) is 1. The maximum absolute atomic E-state index is 13.2. The zero-order valence-corrected chi connectivity index (χ0v) is 15.1. The summed E-state index contributed by atoms with van der Waals surface area (Å²) in [5.74, 6) is -0.364. The number of benzene rings is 1. The standard InChI is InChI=1S/C19H22F3N3O2/c1-27-12-14-6-4-5-13(9-14)10-23-17(26)11-25-16-8-3-2-7-15(16)18(24-25)19(20,21)22/h4-6,9H,2-3,7-8,10-12H2,1H3,(H,23,26). The molecule has 1 aromatic carbocycles. The Kier molecular flexibility index (Phi) is 5.84. The number of nitrogens with one attached hydrogen (secondary N) is 1. The number of alkyl halides is 3. The Balaban J connectivity index is 1.68. The first kappa shape index (κ1) is 19.4. The van der Waals surface area contributed by atoms with Crippen molar-refractivity contribution >= 4 is 5.91 Å². The van der Waals surface area contributed by atoms with Gasteiger partial charge in [0.15, 0.2) is 5.69 Å². The van der Waals surface area contributed by atoms with Crippen LogP contribution in [-0.2, 0) is 48.2 Å². The molecule has 0 unspecified atom stereocenters. The normalized spacial score (nSPS) is 14.1. The molecule has 1 heterocycles. The van der Waals surface area contributed by atoms with Crippen molar-refractivity contribution in [2.24, 2.45) is 0 Å². The minimum Gasteiger partial charge on any atom is -0.380 e. The summed E-state index contributed by atoms with van der Waals surface area (Å²) in [5, 5.41) is 6.46. The van der Waals surface area contributed by atoms with Crippen LogP contribution in [0.1, 0.15) is 40.9 Å². The van der Waals surface area contributed by atoms with Gasteiger partial charge in [0.25, 0.3) is 0 Å². The molecule has 1 aliphatic carbocycles. The SMILES string of the molecule is COCc1cccc(CNC(=O)Cn2nc(C(F)(F)F)c3c2CCCC3)c1. The van der Waals surface area contributed by atoms with Gasteiger partial charge in [0.2, 0.25) is 5.91 Å². The van der Waals surface area contributed by atoms with Crippen LogP contribution in [0.2, 0.25) is 0 Å². The second kappa shape index (κ2) is 8.12. The average Bonchev–Trinajstić information content (AvgIpc) is 3.00. The predicted octanol–water partition coefficient (Wildman–Crippen LogP) is 3.24. The first-order valence-corrected chi connectivity index (χ1v) is 8.87. The highest BCUT2D eigenvalue weighted by Crippen LogP contribution is 2.35. The molecular formula is C19H22F3N3O2. The number of hydrogen-bond acceptors (Lipinski definition) is 3. The van der Waals surface area contributed by atoms with Gasteiger partial charge in [-0.2, -0.15) is 18.3 Å². The highest BCUT2D eigenvalue weighted by Gasteiger charge is 2.39. The number of halogens is 3. The Morgan fingerprint density at radius 2 is 2.00 bits per heavy atom. The van der Waals surface area contributed by atoms with Crippen LogP contribution in [0.3, 0.4) is 0 Å². The number of ether oxygens (including phenoxy) is 1. The van der Waals surface area contributed by atoms with Crippen molar-refractivity contribution < 1.29 is 22.7 Å². The maximum Gasteiger partial charge on any atom is 0.435 e. The Bertz CT molecular complexity index is 815. The van der Waals surface area contributed by atoms with Crippen molar-refractivity contribution in [2.75, 3.05) is 7.11 Å². The summed E-state index contributed by atoms with van der Waals surface area (Å²) >= 11 is 0. The third-order valence-corrected chi connectivity index (χ3v) is 4.61. The molecule has 146 valence electrons. The molecule has 2 aromatic rings. The molecule has 8 heteroatoms. The van der Waals surface area contributed by atoms with Gasteiger partial charge in [0, 0.05) is 24.9 Å². The number of amides is 1. The predicted molar refractivity (Wildman–Crippen MR) is 92.9 cm³/mol. The van der Waals surface area contributed by atoms with Crippen LogP contribution in [0.4, 0.5) is 13.2 Å². The first-order chi connectivity index (χ1) is 12.9. The van der Waals surface area contributed by atoms with Crippen LogP contribution in [0.5, 0.6) is 0 Å². The molecule has 5 nitrogen and oxygen atoms in total. The van der Waals surface area contributed by atoms with Crippen molar-refractivity contribution in [3.8, 4) is 0 Å². The van der Waals surface area contributed by atoms with Gasteiger partial charge in [0.05, 0.1) is 6.61 Å². The van der Waals surface area contributed by atoms with Crippen molar-refractivity contribution in [3.63, 3.8) is 0 Å². The third kappa shape index (κ3) is 4.68. The zero-order chi connectivity index (χ0) is 19.4. The largest absolute Gasteiger partial charge is 0.435 e. The van der Waals surface area contributed by atoms with E-state index in [2.05, 4.69) is 10.4 Å². The summed E-state index contributed by atoms with van der Waals surface area (Å²) in [7, 11) is 1.61. The number of rotatable bonds is 6. The number of aromatic nitrogens is 2. The molecule has 0 saturated carbocycles. The van der Waals surface area contributed by atoms with E-state index >= 15 is 0 Å². The van der Waals surface area contributed by atoms with Crippen LogP contribution >= 0.6 is 0 Å². The molecule has 0 fully saturated rings. The Hall–Kier alpha value is -2.35. The van der Waals surface area contributed by atoms with Gasteiger partial charge in [-0.05, 0) is 36.8 Å². The van der Waals surface area contributed by atoms with Crippen LogP contribution in [0.25, 0.3) is 0 Å². The van der Waals surface area contributed by atoms with E-state index in [9.17, 15) is 18.0 Å². The quantitative estimate of drug-likeness (QED) is 0.836. The van der Waals surface area contributed by atoms with Crippen molar-refractivity contribution in [1.29, 1.82) is 0 Å². The number of carbonyl (C=O) groups is 1. The summed E-state index contributed by atoms with van der Waals surface area (Å²) in [6.45, 7) is 0.559. The lowest BCUT2D eigenvalue weighted by atomic mass is 9.95. The van der Waals surface area contributed by atoms with Gasteiger partial charge < -0.3 is 10.1 Å². The van der Waals surface area contributed by atoms with E-state index in [1.165, 1.54) is 4.68 Å². The van der Waals surface area contributed by atoms with Gasteiger partial charge in [-0.25, -0.2) is 0 Å². The second-order valence-electron chi connectivity index (χ2n) is 6.67. The molecule has 0 radical (unpaired) electrons. The van der Waals surface area contributed by atoms with E-state index < -0.39 is 11.9 Å². The summed E-state index contributed by atoms with van der Waals surface area (Å²) in [6, 6.07) is 7.58. The fraction of sp³-hybridized carbons (Fsp3) is 0.474. The Morgan fingerprint density at radius 1 is 1.26 bits per heavy atom. The van der Waals surface area contributed by atoms with Crippen molar-refractivity contribution in [3.05, 3.63) is 52.3 Å². The molecule has 1 N–H and O–H groups in total. The number of carbonyl (C=O) groups excluding carboxylic acids is 1. The van der Waals surface area contributed by atoms with E-state index in [1.807, 2.05) is 24.3 Å². The van der Waals surface area contributed by atoms with Crippen LogP contribution in [0, 0.1) is 0 Å². The summed E-state index contributed by atoms with van der Waals surface area (Å²) in [4.78, 5) is 12.3. The summed E-state index contributed by atoms with van der Waals surface area (Å²) in [5.41, 5.74) is 1.81. The minimum atomic E-state index is -4.50. The molecule has 1 aliphatic rings. The highest BCUT2D eigenvalue weighted by atomic mass is 19.4. The van der Waals surface area contributed by atoms with Gasteiger partial charge in [-0.15, -0.1) is 0 Å². The molecule has 0 atom stereocenters. The Labute approximate surface area is 155 Å². The molecule has 0 saturated heterocycles. The van der Waals surface area contributed by atoms with Gasteiger partial charge in [0.1, 0.15) is 6.54 Å².